The van der Waals surface area contributed by atoms with E-state index >= 15 is 0 Å². The maximum atomic E-state index is 12.7. The van der Waals surface area contributed by atoms with Crippen LogP contribution in [0.5, 0.6) is 11.5 Å². The van der Waals surface area contributed by atoms with Crippen molar-refractivity contribution in [3.8, 4) is 11.5 Å². The van der Waals surface area contributed by atoms with Gasteiger partial charge in [0.1, 0.15) is 11.5 Å². The fourth-order valence-corrected chi connectivity index (χ4v) is 3.70. The van der Waals surface area contributed by atoms with Gasteiger partial charge in [-0.2, -0.15) is 0 Å². The Hall–Kier alpha value is -4.03. The number of phenols is 2. The predicted molar refractivity (Wildman–Crippen MR) is 126 cm³/mol. The van der Waals surface area contributed by atoms with Gasteiger partial charge in [-0.1, -0.05) is 41.9 Å². The smallest absolute Gasteiger partial charge is 0.335 e. The van der Waals surface area contributed by atoms with E-state index in [0.29, 0.717) is 33.5 Å². The molecule has 4 aromatic carbocycles. The third kappa shape index (κ3) is 4.91. The van der Waals surface area contributed by atoms with Crippen LogP contribution in [0.1, 0.15) is 37.4 Å². The summed E-state index contributed by atoms with van der Waals surface area (Å²) in [7, 11) is 0. The molecule has 0 aromatic heterocycles. The van der Waals surface area contributed by atoms with Crippen molar-refractivity contribution in [3.63, 3.8) is 0 Å². The standard InChI is InChI=1S/C26H20ClNO5/c27-20-9-3-16(4-10-20)14-28-25(31)19-8-7-18-13-23(29)22(24(30)21(18)12-19)11-15-1-5-17(6-2-15)26(32)33/h1-10,12-13,29-30H,11,14H2,(H,28,31)(H,32,33). The number of nitrogens with one attached hydrogen (secondary N) is 1. The third-order valence-electron chi connectivity index (χ3n) is 5.41. The number of carbonyl (C=O) groups excluding carboxylic acids is 1. The van der Waals surface area contributed by atoms with Crippen LogP contribution in [0.4, 0.5) is 0 Å². The number of carboxylic acid groups (broad SMARTS) is 1. The lowest BCUT2D eigenvalue weighted by molar-refractivity contribution is 0.0696. The Kier molecular flexibility index (Phi) is 6.20. The largest absolute Gasteiger partial charge is 0.507 e. The molecule has 0 aliphatic carbocycles. The summed E-state index contributed by atoms with van der Waals surface area (Å²) >= 11 is 5.88. The predicted octanol–water partition coefficient (Wildman–Crippen LogP) is 5.12. The lowest BCUT2D eigenvalue weighted by Crippen LogP contribution is -2.22. The fourth-order valence-electron chi connectivity index (χ4n) is 3.58. The van der Waals surface area contributed by atoms with Crippen molar-refractivity contribution in [2.24, 2.45) is 0 Å². The maximum Gasteiger partial charge on any atom is 0.335 e. The maximum absolute atomic E-state index is 12.7. The molecule has 0 bridgehead atoms. The Morgan fingerprint density at radius 3 is 2.12 bits per heavy atom. The van der Waals surface area contributed by atoms with Crippen LogP contribution in [0.2, 0.25) is 5.02 Å². The lowest BCUT2D eigenvalue weighted by atomic mass is 9.96. The molecule has 7 heteroatoms. The van der Waals surface area contributed by atoms with Gasteiger partial charge in [-0.15, -0.1) is 0 Å². The molecular formula is C26H20ClNO5. The summed E-state index contributed by atoms with van der Waals surface area (Å²) in [5.41, 5.74) is 2.44. The summed E-state index contributed by atoms with van der Waals surface area (Å²) in [4.78, 5) is 23.7. The van der Waals surface area contributed by atoms with Gasteiger partial charge in [-0.25, -0.2) is 4.79 Å². The number of carboxylic acids is 1. The zero-order chi connectivity index (χ0) is 23.5. The summed E-state index contributed by atoms with van der Waals surface area (Å²) in [6.07, 6.45) is 0.195. The number of carbonyl (C=O) groups is 2. The third-order valence-corrected chi connectivity index (χ3v) is 5.66. The molecule has 4 rings (SSSR count). The Morgan fingerprint density at radius 1 is 0.818 bits per heavy atom. The molecule has 0 saturated carbocycles. The van der Waals surface area contributed by atoms with E-state index < -0.39 is 5.97 Å². The molecule has 4 N–H and O–H groups in total. The Morgan fingerprint density at radius 2 is 1.45 bits per heavy atom. The van der Waals surface area contributed by atoms with Gasteiger partial charge in [0.25, 0.3) is 5.91 Å². The van der Waals surface area contributed by atoms with Crippen LogP contribution >= 0.6 is 11.6 Å². The molecule has 6 nitrogen and oxygen atoms in total. The Labute approximate surface area is 194 Å². The summed E-state index contributed by atoms with van der Waals surface area (Å²) in [6, 6.07) is 19.8. The molecule has 33 heavy (non-hydrogen) atoms. The number of aromatic hydroxyl groups is 2. The number of hydrogen-bond donors (Lipinski definition) is 4. The number of benzene rings is 4. The van der Waals surface area contributed by atoms with E-state index in [1.807, 2.05) is 12.1 Å². The van der Waals surface area contributed by atoms with Crippen molar-refractivity contribution in [3.05, 3.63) is 106 Å². The molecule has 4 aromatic rings. The second-order valence-corrected chi connectivity index (χ2v) is 8.08. The lowest BCUT2D eigenvalue weighted by Gasteiger charge is -2.12. The van der Waals surface area contributed by atoms with Crippen LogP contribution in [0.3, 0.4) is 0 Å². The highest BCUT2D eigenvalue weighted by atomic mass is 35.5. The highest BCUT2D eigenvalue weighted by molar-refractivity contribution is 6.30. The van der Waals surface area contributed by atoms with Gasteiger partial charge in [0.15, 0.2) is 0 Å². The molecule has 0 spiro atoms. The SMILES string of the molecule is O=C(O)c1ccc(Cc2c(O)cc3ccc(C(=O)NCc4ccc(Cl)cc4)cc3c2O)cc1. The number of hydrogen-bond acceptors (Lipinski definition) is 4. The van der Waals surface area contributed by atoms with Crippen molar-refractivity contribution in [1.82, 2.24) is 5.32 Å². The summed E-state index contributed by atoms with van der Waals surface area (Å²) in [6.45, 7) is 0.327. The van der Waals surface area contributed by atoms with Gasteiger partial charge in [-0.05, 0) is 59.0 Å². The first-order chi connectivity index (χ1) is 15.8. The van der Waals surface area contributed by atoms with E-state index in [9.17, 15) is 19.8 Å². The van der Waals surface area contributed by atoms with E-state index in [4.69, 9.17) is 16.7 Å². The van der Waals surface area contributed by atoms with Crippen LogP contribution in [0, 0.1) is 0 Å². The summed E-state index contributed by atoms with van der Waals surface area (Å²) in [5, 5.41) is 34.9. The minimum absolute atomic E-state index is 0.0812. The molecule has 0 aliphatic rings. The fraction of sp³-hybridized carbons (Fsp3) is 0.0769. The monoisotopic (exact) mass is 461 g/mol. The highest BCUT2D eigenvalue weighted by Gasteiger charge is 2.16. The first kappa shape index (κ1) is 22.2. The number of fused-ring (bicyclic) bond motifs is 1. The average molecular weight is 462 g/mol. The Balaban J connectivity index is 1.59. The van der Waals surface area contributed by atoms with Crippen molar-refractivity contribution in [2.45, 2.75) is 13.0 Å². The van der Waals surface area contributed by atoms with Gasteiger partial charge in [0.2, 0.25) is 0 Å². The van der Waals surface area contributed by atoms with E-state index in [1.54, 1.807) is 42.5 Å². The van der Waals surface area contributed by atoms with Gasteiger partial charge in [-0.3, -0.25) is 4.79 Å². The quantitative estimate of drug-likeness (QED) is 0.318. The molecular weight excluding hydrogens is 442 g/mol. The molecule has 0 aliphatic heterocycles. The summed E-state index contributed by atoms with van der Waals surface area (Å²) < 4.78 is 0. The number of rotatable bonds is 6. The summed E-state index contributed by atoms with van der Waals surface area (Å²) in [5.74, 6) is -1.54. The van der Waals surface area contributed by atoms with Crippen LogP contribution in [0.25, 0.3) is 10.8 Å². The van der Waals surface area contributed by atoms with E-state index in [1.165, 1.54) is 18.2 Å². The molecule has 166 valence electrons. The number of aromatic carboxylic acids is 1. The minimum atomic E-state index is -1.03. The van der Waals surface area contributed by atoms with Gasteiger partial charge < -0.3 is 20.6 Å². The van der Waals surface area contributed by atoms with Gasteiger partial charge >= 0.3 is 5.97 Å². The van der Waals surface area contributed by atoms with E-state index in [0.717, 1.165) is 11.1 Å². The number of halogens is 1. The first-order valence-electron chi connectivity index (χ1n) is 10.1. The van der Waals surface area contributed by atoms with Crippen molar-refractivity contribution in [1.29, 1.82) is 0 Å². The van der Waals surface area contributed by atoms with Crippen LogP contribution in [0.15, 0.2) is 72.8 Å². The topological polar surface area (TPSA) is 107 Å². The van der Waals surface area contributed by atoms with Gasteiger partial charge in [0.05, 0.1) is 5.56 Å². The molecule has 1 amide bonds. The van der Waals surface area contributed by atoms with Crippen molar-refractivity contribution < 1.29 is 24.9 Å². The zero-order valence-electron chi connectivity index (χ0n) is 17.4. The average Bonchev–Trinajstić information content (AvgIpc) is 2.81. The minimum Gasteiger partial charge on any atom is -0.507 e. The number of phenolic OH excluding ortho intramolecular Hbond substituents is 2. The van der Waals surface area contributed by atoms with Gasteiger partial charge in [0, 0.05) is 34.5 Å². The van der Waals surface area contributed by atoms with Crippen LogP contribution in [-0.2, 0) is 13.0 Å². The second kappa shape index (κ2) is 9.22. The molecule has 0 heterocycles. The van der Waals surface area contributed by atoms with Crippen LogP contribution < -0.4 is 5.32 Å². The van der Waals surface area contributed by atoms with Crippen LogP contribution in [-0.4, -0.2) is 27.2 Å². The molecule has 0 unspecified atom stereocenters. The second-order valence-electron chi connectivity index (χ2n) is 7.65. The molecule has 0 atom stereocenters. The molecule has 0 fully saturated rings. The normalized spacial score (nSPS) is 10.8. The van der Waals surface area contributed by atoms with Crippen molar-refractivity contribution >= 4 is 34.2 Å². The zero-order valence-corrected chi connectivity index (χ0v) is 18.1. The Bertz CT molecular complexity index is 1350. The molecule has 0 saturated heterocycles. The van der Waals surface area contributed by atoms with E-state index in [-0.39, 0.29) is 29.4 Å². The van der Waals surface area contributed by atoms with E-state index in [2.05, 4.69) is 5.32 Å². The molecule has 0 radical (unpaired) electrons. The highest BCUT2D eigenvalue weighted by Crippen LogP contribution is 2.37. The first-order valence-corrected chi connectivity index (χ1v) is 10.5. The van der Waals surface area contributed by atoms with Crippen molar-refractivity contribution in [2.75, 3.05) is 0 Å². The number of amides is 1.